The van der Waals surface area contributed by atoms with E-state index in [0.717, 1.165) is 24.2 Å². The Bertz CT molecular complexity index is 557. The fourth-order valence-electron chi connectivity index (χ4n) is 2.76. The summed E-state index contributed by atoms with van der Waals surface area (Å²) >= 11 is 0. The van der Waals surface area contributed by atoms with Crippen LogP contribution in [0.5, 0.6) is 0 Å². The van der Waals surface area contributed by atoms with Crippen molar-refractivity contribution in [3.63, 3.8) is 0 Å². The van der Waals surface area contributed by atoms with Gasteiger partial charge in [-0.05, 0) is 24.6 Å². The van der Waals surface area contributed by atoms with E-state index in [1.807, 2.05) is 24.3 Å². The normalized spacial score (nSPS) is 21.6. The topological polar surface area (TPSA) is 66.6 Å². The molecule has 1 aliphatic heterocycles. The Kier molecular flexibility index (Phi) is 5.37. The largest absolute Gasteiger partial charge is 0.326 e. The summed E-state index contributed by atoms with van der Waals surface area (Å²) in [5.41, 5.74) is 7.39. The Labute approximate surface area is 127 Å². The number of sulfonamides is 1. The third-order valence-electron chi connectivity index (χ3n) is 4.14. The van der Waals surface area contributed by atoms with E-state index in [4.69, 9.17) is 5.73 Å². The molecule has 1 heterocycles. The van der Waals surface area contributed by atoms with Gasteiger partial charge in [-0.2, -0.15) is 4.31 Å². The van der Waals surface area contributed by atoms with Crippen LogP contribution in [0.2, 0.25) is 0 Å². The lowest BCUT2D eigenvalue weighted by Gasteiger charge is -2.38. The highest BCUT2D eigenvalue weighted by molar-refractivity contribution is 7.88. The van der Waals surface area contributed by atoms with Gasteiger partial charge in [0, 0.05) is 32.2 Å². The average Bonchev–Trinajstić information content (AvgIpc) is 2.47. The predicted molar refractivity (Wildman–Crippen MR) is 85.2 cm³/mol. The molecule has 1 aromatic carbocycles. The molecule has 2 N–H and O–H groups in total. The van der Waals surface area contributed by atoms with Gasteiger partial charge in [0.1, 0.15) is 0 Å². The molecule has 2 rings (SSSR count). The van der Waals surface area contributed by atoms with Crippen LogP contribution in [-0.2, 0) is 22.3 Å². The molecule has 1 fully saturated rings. The van der Waals surface area contributed by atoms with Gasteiger partial charge in [-0.3, -0.25) is 4.90 Å². The van der Waals surface area contributed by atoms with Crippen LogP contribution in [0, 0.1) is 0 Å². The molecule has 6 heteroatoms. The highest BCUT2D eigenvalue weighted by atomic mass is 32.2. The van der Waals surface area contributed by atoms with Crippen LogP contribution in [0.25, 0.3) is 0 Å². The molecule has 1 unspecified atom stereocenters. The van der Waals surface area contributed by atoms with Crippen LogP contribution < -0.4 is 5.73 Å². The van der Waals surface area contributed by atoms with Crippen LogP contribution in [0.4, 0.5) is 0 Å². The predicted octanol–water partition coefficient (Wildman–Crippen LogP) is 1.00. The van der Waals surface area contributed by atoms with Gasteiger partial charge < -0.3 is 5.73 Å². The second-order valence-electron chi connectivity index (χ2n) is 5.61. The number of likely N-dealkylation sites (N-methyl/N-ethyl adjacent to an activating group) is 1. The number of piperazine rings is 1. The van der Waals surface area contributed by atoms with E-state index >= 15 is 0 Å². The quantitative estimate of drug-likeness (QED) is 0.881. The summed E-state index contributed by atoms with van der Waals surface area (Å²) in [5.74, 6) is 0.0662. The highest BCUT2D eigenvalue weighted by Gasteiger charge is 2.30. The van der Waals surface area contributed by atoms with E-state index in [0.29, 0.717) is 19.6 Å². The second-order valence-corrected chi connectivity index (χ2v) is 7.58. The lowest BCUT2D eigenvalue weighted by Crippen LogP contribution is -2.53. The Balaban J connectivity index is 2.04. The number of nitrogens with two attached hydrogens (primary N) is 1. The molecule has 1 atom stereocenters. The van der Waals surface area contributed by atoms with Crippen LogP contribution >= 0.6 is 0 Å². The summed E-state index contributed by atoms with van der Waals surface area (Å²) in [5, 5.41) is 0. The van der Waals surface area contributed by atoms with Gasteiger partial charge in [-0.1, -0.05) is 31.2 Å². The van der Waals surface area contributed by atoms with E-state index in [9.17, 15) is 8.42 Å². The number of nitrogens with zero attached hydrogens (tertiary/aromatic N) is 2. The number of hydrogen-bond acceptors (Lipinski definition) is 4. The van der Waals surface area contributed by atoms with Crippen molar-refractivity contribution in [3.05, 3.63) is 35.4 Å². The summed E-state index contributed by atoms with van der Waals surface area (Å²) in [6.07, 6.45) is 0. The lowest BCUT2D eigenvalue weighted by molar-refractivity contribution is 0.135. The van der Waals surface area contributed by atoms with E-state index < -0.39 is 10.0 Å². The minimum absolute atomic E-state index is 0.0662. The highest BCUT2D eigenvalue weighted by Crippen LogP contribution is 2.17. The zero-order valence-electron chi connectivity index (χ0n) is 12.8. The van der Waals surface area contributed by atoms with Gasteiger partial charge in [-0.15, -0.1) is 0 Å². The molecule has 1 aliphatic rings. The molecule has 0 saturated carbocycles. The molecule has 118 valence electrons. The first-order chi connectivity index (χ1) is 9.96. The maximum absolute atomic E-state index is 12.5. The average molecular weight is 311 g/mol. The second kappa shape index (κ2) is 6.87. The minimum Gasteiger partial charge on any atom is -0.326 e. The molecule has 21 heavy (non-hydrogen) atoms. The first-order valence-corrected chi connectivity index (χ1v) is 9.07. The van der Waals surface area contributed by atoms with Crippen molar-refractivity contribution in [1.82, 2.24) is 9.21 Å². The summed E-state index contributed by atoms with van der Waals surface area (Å²) < 4.78 is 26.7. The van der Waals surface area contributed by atoms with Crippen molar-refractivity contribution in [2.45, 2.75) is 32.2 Å². The van der Waals surface area contributed by atoms with Crippen LogP contribution in [0.1, 0.15) is 25.0 Å². The fraction of sp³-hybridized carbons (Fsp3) is 0.600. The molecule has 1 saturated heterocycles. The van der Waals surface area contributed by atoms with Gasteiger partial charge in [0.25, 0.3) is 0 Å². The van der Waals surface area contributed by atoms with Gasteiger partial charge >= 0.3 is 0 Å². The molecule has 0 amide bonds. The molecule has 0 radical (unpaired) electrons. The fourth-order valence-corrected chi connectivity index (χ4v) is 4.36. The standard InChI is InChI=1S/C15H25N3O2S/c1-3-17-8-9-18(11-13(17)2)21(19,20)12-15-6-4-14(10-16)5-7-15/h4-7,13H,3,8-12,16H2,1-2H3. The van der Waals surface area contributed by atoms with E-state index in [1.54, 1.807) is 4.31 Å². The Hall–Kier alpha value is -0.950. The van der Waals surface area contributed by atoms with Gasteiger partial charge in [0.05, 0.1) is 5.75 Å². The summed E-state index contributed by atoms with van der Waals surface area (Å²) in [6.45, 7) is 7.61. The smallest absolute Gasteiger partial charge is 0.218 e. The zero-order chi connectivity index (χ0) is 15.5. The van der Waals surface area contributed by atoms with Crippen molar-refractivity contribution in [3.8, 4) is 0 Å². The maximum Gasteiger partial charge on any atom is 0.218 e. The minimum atomic E-state index is -3.25. The van der Waals surface area contributed by atoms with Crippen LogP contribution in [-0.4, -0.2) is 49.8 Å². The number of benzene rings is 1. The SMILES string of the molecule is CCN1CCN(S(=O)(=O)Cc2ccc(CN)cc2)CC1C. The van der Waals surface area contributed by atoms with Crippen LogP contribution in [0.3, 0.4) is 0 Å². The third-order valence-corrected chi connectivity index (χ3v) is 5.95. The van der Waals surface area contributed by atoms with E-state index in [-0.39, 0.29) is 11.8 Å². The van der Waals surface area contributed by atoms with Crippen LogP contribution in [0.15, 0.2) is 24.3 Å². The number of hydrogen-bond donors (Lipinski definition) is 1. The monoisotopic (exact) mass is 311 g/mol. The zero-order valence-corrected chi connectivity index (χ0v) is 13.6. The van der Waals surface area contributed by atoms with E-state index in [1.165, 1.54) is 0 Å². The Morgan fingerprint density at radius 1 is 1.19 bits per heavy atom. The van der Waals surface area contributed by atoms with Crippen molar-refractivity contribution in [1.29, 1.82) is 0 Å². The molecule has 0 spiro atoms. The van der Waals surface area contributed by atoms with Crippen molar-refractivity contribution < 1.29 is 8.42 Å². The number of rotatable bonds is 5. The molecule has 0 aliphatic carbocycles. The first kappa shape index (κ1) is 16.4. The van der Waals surface area contributed by atoms with Crippen molar-refractivity contribution >= 4 is 10.0 Å². The molecule has 5 nitrogen and oxygen atoms in total. The molecular weight excluding hydrogens is 286 g/mol. The molecule has 0 bridgehead atoms. The Morgan fingerprint density at radius 2 is 1.81 bits per heavy atom. The third kappa shape index (κ3) is 4.03. The summed E-state index contributed by atoms with van der Waals surface area (Å²) in [6, 6.07) is 7.76. The van der Waals surface area contributed by atoms with Crippen molar-refractivity contribution in [2.24, 2.45) is 5.73 Å². The Morgan fingerprint density at radius 3 is 2.33 bits per heavy atom. The molecular formula is C15H25N3O2S. The van der Waals surface area contributed by atoms with Gasteiger partial charge in [-0.25, -0.2) is 8.42 Å². The van der Waals surface area contributed by atoms with Gasteiger partial charge in [0.2, 0.25) is 10.0 Å². The van der Waals surface area contributed by atoms with Crippen molar-refractivity contribution in [2.75, 3.05) is 26.2 Å². The summed E-state index contributed by atoms with van der Waals surface area (Å²) in [7, 11) is -3.25. The van der Waals surface area contributed by atoms with E-state index in [2.05, 4.69) is 18.7 Å². The van der Waals surface area contributed by atoms with Gasteiger partial charge in [0.15, 0.2) is 0 Å². The molecule has 0 aromatic heterocycles. The maximum atomic E-state index is 12.5. The first-order valence-electron chi connectivity index (χ1n) is 7.46. The lowest BCUT2D eigenvalue weighted by atomic mass is 10.1. The molecule has 1 aromatic rings. The summed E-state index contributed by atoms with van der Waals surface area (Å²) in [4.78, 5) is 2.31.